The normalized spacial score (nSPS) is 21.4. The van der Waals surface area contributed by atoms with Gasteiger partial charge in [-0.15, -0.1) is 12.4 Å². The molecule has 1 heterocycles. The van der Waals surface area contributed by atoms with E-state index in [1.165, 1.54) is 0 Å². The average Bonchev–Trinajstić information content (AvgIpc) is 2.28. The van der Waals surface area contributed by atoms with Gasteiger partial charge < -0.3 is 15.4 Å². The second-order valence-corrected chi connectivity index (χ2v) is 4.58. The molecule has 0 bridgehead atoms. The molecule has 0 aromatic heterocycles. The molecule has 1 rings (SSSR count). The number of hydrogen-bond donors (Lipinski definition) is 2. The molecule has 1 fully saturated rings. The summed E-state index contributed by atoms with van der Waals surface area (Å²) in [5.41, 5.74) is 0. The van der Waals surface area contributed by atoms with E-state index in [0.717, 1.165) is 19.4 Å². The number of halogens is 4. The summed E-state index contributed by atoms with van der Waals surface area (Å²) in [5.74, 6) is -0.214. The highest BCUT2D eigenvalue weighted by molar-refractivity contribution is 5.85. The Bertz CT molecular complexity index is 271. The summed E-state index contributed by atoms with van der Waals surface area (Å²) in [6.07, 6.45) is -2.57. The lowest BCUT2D eigenvalue weighted by atomic mass is 9.98. The van der Waals surface area contributed by atoms with Gasteiger partial charge in [0.1, 0.15) is 6.61 Å². The van der Waals surface area contributed by atoms with E-state index in [4.69, 9.17) is 0 Å². The average molecular weight is 305 g/mol. The van der Waals surface area contributed by atoms with Gasteiger partial charge in [-0.25, -0.2) is 0 Å². The molecule has 0 aromatic carbocycles. The van der Waals surface area contributed by atoms with Gasteiger partial charge >= 0.3 is 6.18 Å². The molecule has 0 radical (unpaired) electrons. The van der Waals surface area contributed by atoms with Gasteiger partial charge in [0.05, 0.1) is 12.5 Å². The van der Waals surface area contributed by atoms with Crippen molar-refractivity contribution in [3.05, 3.63) is 0 Å². The number of rotatable bonds is 5. The van der Waals surface area contributed by atoms with Gasteiger partial charge in [-0.2, -0.15) is 13.2 Å². The zero-order valence-corrected chi connectivity index (χ0v) is 11.6. The summed E-state index contributed by atoms with van der Waals surface area (Å²) < 4.78 is 40.0. The first kappa shape index (κ1) is 18.5. The minimum atomic E-state index is -4.32. The third-order valence-electron chi connectivity index (χ3n) is 2.69. The highest BCUT2D eigenvalue weighted by atomic mass is 35.5. The molecule has 8 heteroatoms. The number of carbonyl (C=O) groups excluding carboxylic acids is 1. The molecular formula is C11H20ClF3N2O2. The first-order valence-electron chi connectivity index (χ1n) is 6.04. The number of piperidine rings is 1. The van der Waals surface area contributed by atoms with Crippen LogP contribution in [0.25, 0.3) is 0 Å². The molecule has 19 heavy (non-hydrogen) atoms. The third-order valence-corrected chi connectivity index (χ3v) is 2.69. The third kappa shape index (κ3) is 8.28. The summed E-state index contributed by atoms with van der Waals surface area (Å²) in [7, 11) is 0. The summed E-state index contributed by atoms with van der Waals surface area (Å²) >= 11 is 0. The Labute approximate surface area is 116 Å². The molecule has 2 atom stereocenters. The van der Waals surface area contributed by atoms with Crippen LogP contribution in [0.2, 0.25) is 0 Å². The SMILES string of the molecule is CC(COCC(F)(F)F)NC(=O)C1CCCNC1.Cl. The molecule has 2 N–H and O–H groups in total. The number of ether oxygens (including phenoxy) is 1. The van der Waals surface area contributed by atoms with Crippen molar-refractivity contribution >= 4 is 18.3 Å². The van der Waals surface area contributed by atoms with Crippen molar-refractivity contribution in [1.29, 1.82) is 0 Å². The zero-order valence-electron chi connectivity index (χ0n) is 10.8. The molecule has 2 unspecified atom stereocenters. The fourth-order valence-corrected chi connectivity index (χ4v) is 1.83. The smallest absolute Gasteiger partial charge is 0.370 e. The number of hydrogen-bond acceptors (Lipinski definition) is 3. The van der Waals surface area contributed by atoms with Gasteiger partial charge in [-0.3, -0.25) is 4.79 Å². The summed E-state index contributed by atoms with van der Waals surface area (Å²) in [4.78, 5) is 11.7. The maximum absolute atomic E-state index is 11.8. The summed E-state index contributed by atoms with van der Waals surface area (Å²) in [6.45, 7) is 1.75. The van der Waals surface area contributed by atoms with Crippen LogP contribution in [0.4, 0.5) is 13.2 Å². The molecule has 0 aromatic rings. The van der Waals surface area contributed by atoms with Gasteiger partial charge in [-0.1, -0.05) is 0 Å². The second kappa shape index (κ2) is 8.60. The highest BCUT2D eigenvalue weighted by Crippen LogP contribution is 2.14. The van der Waals surface area contributed by atoms with E-state index in [2.05, 4.69) is 15.4 Å². The first-order valence-corrected chi connectivity index (χ1v) is 6.04. The van der Waals surface area contributed by atoms with E-state index in [0.29, 0.717) is 6.54 Å². The van der Waals surface area contributed by atoms with Crippen molar-refractivity contribution in [3.63, 3.8) is 0 Å². The monoisotopic (exact) mass is 304 g/mol. The Hall–Kier alpha value is -0.530. The molecule has 114 valence electrons. The van der Waals surface area contributed by atoms with Crippen molar-refractivity contribution in [2.45, 2.75) is 32.0 Å². The van der Waals surface area contributed by atoms with Crippen LogP contribution in [0.15, 0.2) is 0 Å². The number of amides is 1. The molecule has 0 spiro atoms. The van der Waals surface area contributed by atoms with Crippen LogP contribution in [0.3, 0.4) is 0 Å². The molecule has 0 aliphatic carbocycles. The zero-order chi connectivity index (χ0) is 13.6. The van der Waals surface area contributed by atoms with Crippen LogP contribution >= 0.6 is 12.4 Å². The van der Waals surface area contributed by atoms with Crippen LogP contribution in [0, 0.1) is 5.92 Å². The van der Waals surface area contributed by atoms with Gasteiger partial charge in [0.25, 0.3) is 0 Å². The molecule has 1 amide bonds. The van der Waals surface area contributed by atoms with Crippen LogP contribution in [-0.4, -0.2) is 44.4 Å². The minimum Gasteiger partial charge on any atom is -0.370 e. The Morgan fingerprint density at radius 1 is 1.53 bits per heavy atom. The Balaban J connectivity index is 0.00000324. The molecule has 4 nitrogen and oxygen atoms in total. The van der Waals surface area contributed by atoms with Gasteiger partial charge in [0, 0.05) is 12.6 Å². The van der Waals surface area contributed by atoms with Gasteiger partial charge in [0.15, 0.2) is 0 Å². The van der Waals surface area contributed by atoms with Crippen LogP contribution < -0.4 is 10.6 Å². The predicted octanol–water partition coefficient (Wildman–Crippen LogP) is 1.49. The summed E-state index contributed by atoms with van der Waals surface area (Å²) in [5, 5.41) is 5.78. The maximum atomic E-state index is 11.8. The van der Waals surface area contributed by atoms with Gasteiger partial charge in [-0.05, 0) is 26.3 Å². The molecule has 0 saturated carbocycles. The Morgan fingerprint density at radius 2 is 2.21 bits per heavy atom. The fourth-order valence-electron chi connectivity index (χ4n) is 1.83. The van der Waals surface area contributed by atoms with E-state index in [-0.39, 0.29) is 30.8 Å². The predicted molar refractivity (Wildman–Crippen MR) is 67.3 cm³/mol. The Kier molecular flexibility index (Phi) is 8.36. The minimum absolute atomic E-state index is 0. The lowest BCUT2D eigenvalue weighted by Gasteiger charge is -2.24. The van der Waals surface area contributed by atoms with E-state index >= 15 is 0 Å². The standard InChI is InChI=1S/C11H19F3N2O2.ClH/c1-8(6-18-7-11(12,13)14)16-10(17)9-3-2-4-15-5-9;/h8-9,15H,2-7H2,1H3,(H,16,17);1H. The molecule has 1 saturated heterocycles. The van der Waals surface area contributed by atoms with Crippen molar-refractivity contribution in [1.82, 2.24) is 10.6 Å². The molecule has 1 aliphatic heterocycles. The van der Waals surface area contributed by atoms with Gasteiger partial charge in [0.2, 0.25) is 5.91 Å². The number of carbonyl (C=O) groups is 1. The fraction of sp³-hybridized carbons (Fsp3) is 0.909. The van der Waals surface area contributed by atoms with E-state index in [9.17, 15) is 18.0 Å². The number of nitrogens with one attached hydrogen (secondary N) is 2. The van der Waals surface area contributed by atoms with Crippen LogP contribution in [-0.2, 0) is 9.53 Å². The topological polar surface area (TPSA) is 50.4 Å². The van der Waals surface area contributed by atoms with Crippen LogP contribution in [0.1, 0.15) is 19.8 Å². The maximum Gasteiger partial charge on any atom is 0.411 e. The lowest BCUT2D eigenvalue weighted by Crippen LogP contribution is -2.45. The number of alkyl halides is 3. The van der Waals surface area contributed by atoms with Crippen molar-refractivity contribution in [3.8, 4) is 0 Å². The quantitative estimate of drug-likeness (QED) is 0.809. The van der Waals surface area contributed by atoms with E-state index in [1.807, 2.05) is 0 Å². The molecule has 1 aliphatic rings. The Morgan fingerprint density at radius 3 is 2.74 bits per heavy atom. The lowest BCUT2D eigenvalue weighted by molar-refractivity contribution is -0.175. The second-order valence-electron chi connectivity index (χ2n) is 4.58. The summed E-state index contributed by atoms with van der Waals surface area (Å²) in [6, 6.07) is -0.415. The van der Waals surface area contributed by atoms with Crippen LogP contribution in [0.5, 0.6) is 0 Å². The van der Waals surface area contributed by atoms with E-state index in [1.54, 1.807) is 6.92 Å². The largest absolute Gasteiger partial charge is 0.411 e. The molecular weight excluding hydrogens is 285 g/mol. The first-order chi connectivity index (χ1) is 8.38. The highest BCUT2D eigenvalue weighted by Gasteiger charge is 2.28. The van der Waals surface area contributed by atoms with Crippen molar-refractivity contribution in [2.75, 3.05) is 26.3 Å². The van der Waals surface area contributed by atoms with E-state index < -0.39 is 18.8 Å². The van der Waals surface area contributed by atoms with Crippen molar-refractivity contribution < 1.29 is 22.7 Å². The van der Waals surface area contributed by atoms with Crippen molar-refractivity contribution in [2.24, 2.45) is 5.92 Å².